The molecule has 3 aliphatic rings. The molecule has 0 spiro atoms. The molecule has 0 unspecified atom stereocenters. The predicted octanol–water partition coefficient (Wildman–Crippen LogP) is 7.09. The highest BCUT2D eigenvalue weighted by molar-refractivity contribution is 6.00. The number of aryl methyl sites for hydroxylation is 1. The van der Waals surface area contributed by atoms with E-state index >= 15 is 4.39 Å². The van der Waals surface area contributed by atoms with Crippen molar-refractivity contribution in [2.75, 3.05) is 44.7 Å². The van der Waals surface area contributed by atoms with Crippen molar-refractivity contribution in [3.05, 3.63) is 53.7 Å². The molecule has 12 heteroatoms. The first-order valence-electron chi connectivity index (χ1n) is 17.2. The Morgan fingerprint density at radius 3 is 2.71 bits per heavy atom. The lowest BCUT2D eigenvalue weighted by atomic mass is 9.95. The number of amides is 1. The van der Waals surface area contributed by atoms with Gasteiger partial charge in [-0.2, -0.15) is 9.97 Å². The molecule has 7 rings (SSSR count). The van der Waals surface area contributed by atoms with Crippen LogP contribution in [0, 0.1) is 11.6 Å². The van der Waals surface area contributed by atoms with Gasteiger partial charge in [-0.05, 0) is 75.4 Å². The Labute approximate surface area is 284 Å². The fourth-order valence-corrected chi connectivity index (χ4v) is 7.89. The van der Waals surface area contributed by atoms with E-state index in [-0.39, 0.29) is 35.7 Å². The van der Waals surface area contributed by atoms with Crippen LogP contribution in [0.1, 0.15) is 58.9 Å². The van der Waals surface area contributed by atoms with E-state index in [2.05, 4.69) is 14.9 Å². The van der Waals surface area contributed by atoms with E-state index in [1.807, 2.05) is 45.7 Å². The summed E-state index contributed by atoms with van der Waals surface area (Å²) in [5.74, 6) is -0.626. The van der Waals surface area contributed by atoms with E-state index in [1.54, 1.807) is 29.3 Å². The van der Waals surface area contributed by atoms with Crippen molar-refractivity contribution >= 4 is 33.6 Å². The first-order chi connectivity index (χ1) is 23.4. The fraction of sp³-hybridized carbons (Fsp3) is 0.514. The Morgan fingerprint density at radius 2 is 1.94 bits per heavy atom. The predicted molar refractivity (Wildman–Crippen MR) is 183 cm³/mol. The fourth-order valence-electron chi connectivity index (χ4n) is 7.89. The lowest BCUT2D eigenvalue weighted by Crippen LogP contribution is -2.43. The molecule has 2 aromatic carbocycles. The summed E-state index contributed by atoms with van der Waals surface area (Å²) in [7, 11) is 1.85. The van der Waals surface area contributed by atoms with Gasteiger partial charge in [-0.15, -0.1) is 0 Å². The number of ether oxygens (including phenoxy) is 2. The largest absolute Gasteiger partial charge is 0.461 e. The zero-order chi connectivity index (χ0) is 34.7. The highest BCUT2D eigenvalue weighted by atomic mass is 19.1. The molecule has 260 valence electrons. The highest BCUT2D eigenvalue weighted by Gasteiger charge is 2.49. The second-order valence-corrected chi connectivity index (χ2v) is 14.6. The minimum absolute atomic E-state index is 0.0147. The molecular formula is C37H43F3N6O3. The molecule has 3 aliphatic heterocycles. The van der Waals surface area contributed by atoms with Gasteiger partial charge in [0.2, 0.25) is 0 Å². The molecule has 5 heterocycles. The van der Waals surface area contributed by atoms with Crippen molar-refractivity contribution in [1.29, 1.82) is 0 Å². The van der Waals surface area contributed by atoms with Crippen molar-refractivity contribution in [3.8, 4) is 17.3 Å². The molecule has 0 bridgehead atoms. The number of pyridine rings is 1. The van der Waals surface area contributed by atoms with Crippen LogP contribution in [-0.4, -0.2) is 94.0 Å². The number of halogens is 3. The number of aromatic nitrogens is 3. The van der Waals surface area contributed by atoms with Crippen LogP contribution in [0.5, 0.6) is 6.01 Å². The summed E-state index contributed by atoms with van der Waals surface area (Å²) < 4.78 is 58.3. The number of rotatable bonds is 7. The molecule has 3 atom stereocenters. The van der Waals surface area contributed by atoms with Gasteiger partial charge in [-0.25, -0.2) is 18.0 Å². The van der Waals surface area contributed by atoms with E-state index in [4.69, 9.17) is 14.5 Å². The third-order valence-corrected chi connectivity index (χ3v) is 10.3. The van der Waals surface area contributed by atoms with Crippen molar-refractivity contribution < 1.29 is 27.4 Å². The highest BCUT2D eigenvalue weighted by Crippen LogP contribution is 2.41. The molecule has 0 N–H and O–H groups in total. The molecule has 9 nitrogen and oxygen atoms in total. The Kier molecular flexibility index (Phi) is 8.57. The summed E-state index contributed by atoms with van der Waals surface area (Å²) in [5, 5.41) is 1.76. The molecule has 4 aromatic rings. The summed E-state index contributed by atoms with van der Waals surface area (Å²) in [6, 6.07) is 8.37. The Bertz CT molecular complexity index is 1920. The van der Waals surface area contributed by atoms with Crippen LogP contribution >= 0.6 is 0 Å². The molecule has 0 aliphatic carbocycles. The van der Waals surface area contributed by atoms with Crippen LogP contribution in [0.2, 0.25) is 0 Å². The zero-order valence-corrected chi connectivity index (χ0v) is 28.7. The molecular weight excluding hydrogens is 633 g/mol. The first kappa shape index (κ1) is 33.3. The summed E-state index contributed by atoms with van der Waals surface area (Å²) in [6.07, 6.45) is 3.42. The van der Waals surface area contributed by atoms with Crippen molar-refractivity contribution in [2.45, 2.75) is 83.2 Å². The zero-order valence-electron chi connectivity index (χ0n) is 28.7. The quantitative estimate of drug-likeness (QED) is 0.205. The summed E-state index contributed by atoms with van der Waals surface area (Å²) in [5.41, 5.74) is -0.0601. The topological polar surface area (TPSA) is 83.9 Å². The standard InChI is InChI=1S/C37H43F3N6O3/c1-6-25-28(39)12-11-22-9-7-10-26(29(22)25)31-30(40)32-27(18-41-31)33(44(5)24-13-16-45(20-24)35(47)49-36(2,3)4)43-34(42-32)48-21-37-14-8-15-46(37)19-23(38)17-37/h7,9-12,18,23-24H,6,8,13-17,19-21H2,1-5H3/t23-,24-,37+/m1/s1. The van der Waals surface area contributed by atoms with Crippen molar-refractivity contribution in [1.82, 2.24) is 24.8 Å². The second kappa shape index (κ2) is 12.6. The number of benzene rings is 2. The van der Waals surface area contributed by atoms with Crippen LogP contribution < -0.4 is 9.64 Å². The molecule has 3 saturated heterocycles. The minimum atomic E-state index is -0.928. The number of nitrogens with zero attached hydrogens (tertiary/aromatic N) is 6. The van der Waals surface area contributed by atoms with E-state index < -0.39 is 29.2 Å². The smallest absolute Gasteiger partial charge is 0.410 e. The Morgan fingerprint density at radius 1 is 1.12 bits per heavy atom. The third-order valence-electron chi connectivity index (χ3n) is 10.3. The molecule has 0 radical (unpaired) electrons. The maximum atomic E-state index is 16.9. The normalized spacial score (nSPS) is 22.7. The Hall–Kier alpha value is -4.19. The number of alkyl halides is 1. The number of carbonyl (C=O) groups excluding carboxylic acids is 1. The van der Waals surface area contributed by atoms with Crippen LogP contribution in [0.15, 0.2) is 36.5 Å². The summed E-state index contributed by atoms with van der Waals surface area (Å²) in [6.45, 7) is 9.60. The molecule has 3 fully saturated rings. The van der Waals surface area contributed by atoms with Gasteiger partial charge in [0.1, 0.15) is 41.2 Å². The molecule has 0 saturated carbocycles. The van der Waals surface area contributed by atoms with Gasteiger partial charge < -0.3 is 19.3 Å². The molecule has 49 heavy (non-hydrogen) atoms. The van der Waals surface area contributed by atoms with Gasteiger partial charge >= 0.3 is 12.1 Å². The van der Waals surface area contributed by atoms with Gasteiger partial charge in [0.25, 0.3) is 0 Å². The van der Waals surface area contributed by atoms with E-state index in [1.165, 1.54) is 6.07 Å². The van der Waals surface area contributed by atoms with Crippen molar-refractivity contribution in [3.63, 3.8) is 0 Å². The molecule has 2 aromatic heterocycles. The third kappa shape index (κ3) is 6.13. The van der Waals surface area contributed by atoms with Gasteiger partial charge in [0.15, 0.2) is 5.82 Å². The number of carbonyl (C=O) groups is 1. The lowest BCUT2D eigenvalue weighted by molar-refractivity contribution is 0.0292. The van der Waals surface area contributed by atoms with Gasteiger partial charge in [0.05, 0.1) is 10.9 Å². The molecule has 1 amide bonds. The number of likely N-dealkylation sites (N-methyl/N-ethyl adjacent to an activating group) is 1. The number of fused-ring (bicyclic) bond motifs is 3. The van der Waals surface area contributed by atoms with Crippen LogP contribution in [0.3, 0.4) is 0 Å². The second-order valence-electron chi connectivity index (χ2n) is 14.6. The van der Waals surface area contributed by atoms with E-state index in [9.17, 15) is 13.6 Å². The average Bonchev–Trinajstić information content (AvgIpc) is 3.77. The average molecular weight is 677 g/mol. The SMILES string of the molecule is CCc1c(F)ccc2cccc(-c3ncc4c(N(C)[C@@H]5CCN(C(=O)OC(C)(C)C)C5)nc(OC[C@@]56CCCN5C[C@H](F)C6)nc4c3F)c12. The maximum absolute atomic E-state index is 16.9. The maximum Gasteiger partial charge on any atom is 0.410 e. The lowest BCUT2D eigenvalue weighted by Gasteiger charge is -2.31. The Balaban J connectivity index is 1.30. The van der Waals surface area contributed by atoms with Gasteiger partial charge in [0, 0.05) is 50.9 Å². The summed E-state index contributed by atoms with van der Waals surface area (Å²) >= 11 is 0. The van der Waals surface area contributed by atoms with Gasteiger partial charge in [-0.1, -0.05) is 31.2 Å². The first-order valence-corrected chi connectivity index (χ1v) is 17.2. The number of hydrogen-bond donors (Lipinski definition) is 0. The van der Waals surface area contributed by atoms with Gasteiger partial charge in [-0.3, -0.25) is 9.88 Å². The van der Waals surface area contributed by atoms with Crippen molar-refractivity contribution in [2.24, 2.45) is 0 Å². The van der Waals surface area contributed by atoms with Crippen LogP contribution in [-0.2, 0) is 11.2 Å². The number of anilines is 1. The monoisotopic (exact) mass is 676 g/mol. The van der Waals surface area contributed by atoms with E-state index in [0.29, 0.717) is 66.6 Å². The number of likely N-dealkylation sites (tertiary alicyclic amines) is 1. The minimum Gasteiger partial charge on any atom is -0.461 e. The van der Waals surface area contributed by atoms with Crippen LogP contribution in [0.4, 0.5) is 23.8 Å². The van der Waals surface area contributed by atoms with E-state index in [0.717, 1.165) is 24.8 Å². The number of hydrogen-bond acceptors (Lipinski definition) is 8. The van der Waals surface area contributed by atoms with Crippen LogP contribution in [0.25, 0.3) is 32.9 Å². The summed E-state index contributed by atoms with van der Waals surface area (Å²) in [4.78, 5) is 32.6.